The third-order valence-electron chi connectivity index (χ3n) is 5.29. The molecule has 0 bridgehead atoms. The van der Waals surface area contributed by atoms with Crippen LogP contribution >= 0.6 is 0 Å². The molecule has 3 aromatic carbocycles. The zero-order valence-electron chi connectivity index (χ0n) is 19.2. The molecule has 0 aliphatic carbocycles. The zero-order chi connectivity index (χ0) is 25.0. The number of ether oxygens (including phenoxy) is 3. The minimum atomic E-state index is -3.92. The molecule has 1 aliphatic heterocycles. The van der Waals surface area contributed by atoms with Gasteiger partial charge in [0.15, 0.2) is 18.1 Å². The quantitative estimate of drug-likeness (QED) is 0.499. The summed E-state index contributed by atoms with van der Waals surface area (Å²) in [5, 5.41) is 2.62. The molecule has 0 radical (unpaired) electrons. The first-order valence-corrected chi connectivity index (χ1v) is 12.2. The van der Waals surface area contributed by atoms with Gasteiger partial charge in [-0.2, -0.15) is 0 Å². The molecule has 1 heterocycles. The Kier molecular flexibility index (Phi) is 6.92. The summed E-state index contributed by atoms with van der Waals surface area (Å²) in [6, 6.07) is 17.4. The zero-order valence-corrected chi connectivity index (χ0v) is 20.0. The Balaban J connectivity index is 1.39. The van der Waals surface area contributed by atoms with Crippen LogP contribution in [0.5, 0.6) is 11.5 Å². The molecule has 0 saturated heterocycles. The van der Waals surface area contributed by atoms with Gasteiger partial charge in [0.2, 0.25) is 0 Å². The van der Waals surface area contributed by atoms with Crippen LogP contribution < -0.4 is 19.1 Å². The Labute approximate surface area is 203 Å². The molecule has 1 N–H and O–H groups in total. The van der Waals surface area contributed by atoms with Crippen LogP contribution in [0.4, 0.5) is 11.4 Å². The van der Waals surface area contributed by atoms with E-state index in [2.05, 4.69) is 5.32 Å². The van der Waals surface area contributed by atoms with Crippen LogP contribution in [0.3, 0.4) is 0 Å². The number of benzene rings is 3. The molecule has 10 heteroatoms. The maximum atomic E-state index is 13.1. The van der Waals surface area contributed by atoms with E-state index in [9.17, 15) is 18.0 Å². The van der Waals surface area contributed by atoms with Crippen molar-refractivity contribution in [2.45, 2.75) is 11.8 Å². The lowest BCUT2D eigenvalue weighted by Crippen LogP contribution is -2.27. The number of esters is 1. The number of fused-ring (bicyclic) bond motifs is 1. The van der Waals surface area contributed by atoms with Crippen molar-refractivity contribution >= 4 is 33.3 Å². The molecule has 1 aliphatic rings. The molecule has 4 rings (SSSR count). The highest BCUT2D eigenvalue weighted by molar-refractivity contribution is 7.92. The minimum absolute atomic E-state index is 0.00973. The summed E-state index contributed by atoms with van der Waals surface area (Å²) < 4.78 is 43.2. The lowest BCUT2D eigenvalue weighted by atomic mass is 10.2. The SMILES string of the molecule is Cc1ccc(N(C)S(=O)(=O)c2cccc(C(=O)OCC(=O)Nc3ccc4c(c3)OCCO4)c2)cc1. The van der Waals surface area contributed by atoms with Crippen molar-refractivity contribution in [2.24, 2.45) is 0 Å². The van der Waals surface area contributed by atoms with Crippen molar-refractivity contribution in [3.8, 4) is 11.5 Å². The number of nitrogens with one attached hydrogen (secondary N) is 1. The molecule has 0 saturated carbocycles. The summed E-state index contributed by atoms with van der Waals surface area (Å²) in [6.07, 6.45) is 0. The lowest BCUT2D eigenvalue weighted by Gasteiger charge is -2.20. The number of hydrogen-bond donors (Lipinski definition) is 1. The second-order valence-electron chi connectivity index (χ2n) is 7.82. The van der Waals surface area contributed by atoms with Gasteiger partial charge in [-0.25, -0.2) is 13.2 Å². The Bertz CT molecular complexity index is 1350. The summed E-state index contributed by atoms with van der Waals surface area (Å²) in [5.74, 6) is -0.279. The van der Waals surface area contributed by atoms with E-state index in [1.807, 2.05) is 19.1 Å². The highest BCUT2D eigenvalue weighted by atomic mass is 32.2. The van der Waals surface area contributed by atoms with Crippen LogP contribution in [0.2, 0.25) is 0 Å². The van der Waals surface area contributed by atoms with Gasteiger partial charge in [0.05, 0.1) is 16.1 Å². The van der Waals surface area contributed by atoms with Crippen LogP contribution in [0, 0.1) is 6.92 Å². The topological polar surface area (TPSA) is 111 Å². The fourth-order valence-electron chi connectivity index (χ4n) is 3.37. The summed E-state index contributed by atoms with van der Waals surface area (Å²) in [5.41, 5.74) is 1.96. The van der Waals surface area contributed by atoms with Crippen molar-refractivity contribution in [3.63, 3.8) is 0 Å². The first kappa shape index (κ1) is 24.1. The van der Waals surface area contributed by atoms with Crippen molar-refractivity contribution in [1.82, 2.24) is 0 Å². The Hall–Kier alpha value is -4.05. The molecular weight excluding hydrogens is 472 g/mol. The standard InChI is InChI=1S/C25H24N2O7S/c1-17-6-9-20(10-7-17)27(2)35(30,31)21-5-3-4-18(14-21)25(29)34-16-24(28)26-19-8-11-22-23(15-19)33-13-12-32-22/h3-11,14-15H,12-13,16H2,1-2H3,(H,26,28). The Morgan fingerprint density at radius 1 is 0.971 bits per heavy atom. The number of amides is 1. The van der Waals surface area contributed by atoms with Gasteiger partial charge in [-0.3, -0.25) is 9.10 Å². The van der Waals surface area contributed by atoms with Gasteiger partial charge in [0.25, 0.3) is 15.9 Å². The van der Waals surface area contributed by atoms with Crippen molar-refractivity contribution < 1.29 is 32.2 Å². The highest BCUT2D eigenvalue weighted by Gasteiger charge is 2.23. The molecule has 0 fully saturated rings. The number of carbonyl (C=O) groups is 2. The summed E-state index contributed by atoms with van der Waals surface area (Å²) in [4.78, 5) is 24.7. The Morgan fingerprint density at radius 2 is 1.69 bits per heavy atom. The smallest absolute Gasteiger partial charge is 0.338 e. The van der Waals surface area contributed by atoms with Gasteiger partial charge in [0.1, 0.15) is 13.2 Å². The highest BCUT2D eigenvalue weighted by Crippen LogP contribution is 2.32. The number of nitrogens with zero attached hydrogens (tertiary/aromatic N) is 1. The normalized spacial score (nSPS) is 12.5. The van der Waals surface area contributed by atoms with Gasteiger partial charge in [-0.15, -0.1) is 0 Å². The maximum absolute atomic E-state index is 13.1. The number of rotatable bonds is 7. The molecule has 35 heavy (non-hydrogen) atoms. The first-order valence-electron chi connectivity index (χ1n) is 10.8. The Morgan fingerprint density at radius 3 is 2.43 bits per heavy atom. The summed E-state index contributed by atoms with van der Waals surface area (Å²) in [6.45, 7) is 2.23. The van der Waals surface area contributed by atoms with E-state index in [0.717, 1.165) is 9.87 Å². The van der Waals surface area contributed by atoms with Gasteiger partial charge in [0, 0.05) is 18.8 Å². The summed E-state index contributed by atoms with van der Waals surface area (Å²) in [7, 11) is -2.48. The predicted octanol–water partition coefficient (Wildman–Crippen LogP) is 3.39. The maximum Gasteiger partial charge on any atom is 0.338 e. The van der Waals surface area contributed by atoms with Gasteiger partial charge in [-0.05, 0) is 49.4 Å². The molecule has 1 amide bonds. The molecule has 9 nitrogen and oxygen atoms in total. The second kappa shape index (κ2) is 10.1. The van der Waals surface area contributed by atoms with Gasteiger partial charge in [-0.1, -0.05) is 23.8 Å². The average molecular weight is 497 g/mol. The minimum Gasteiger partial charge on any atom is -0.486 e. The molecule has 0 spiro atoms. The van der Waals surface area contributed by atoms with E-state index < -0.39 is 28.5 Å². The molecule has 3 aromatic rings. The van der Waals surface area contributed by atoms with Gasteiger partial charge < -0.3 is 19.5 Å². The van der Waals surface area contributed by atoms with Crippen LogP contribution in [0.25, 0.3) is 0 Å². The largest absolute Gasteiger partial charge is 0.486 e. The molecule has 0 atom stereocenters. The van der Waals surface area contributed by atoms with E-state index in [1.165, 1.54) is 31.3 Å². The van der Waals surface area contributed by atoms with Crippen LogP contribution in [-0.2, 0) is 19.6 Å². The van der Waals surface area contributed by atoms with Crippen molar-refractivity contribution in [2.75, 3.05) is 36.5 Å². The first-order chi connectivity index (χ1) is 16.7. The third-order valence-corrected chi connectivity index (χ3v) is 7.07. The number of hydrogen-bond acceptors (Lipinski definition) is 7. The molecule has 182 valence electrons. The lowest BCUT2D eigenvalue weighted by molar-refractivity contribution is -0.119. The second-order valence-corrected chi connectivity index (χ2v) is 9.79. The molecular formula is C25H24N2O7S. The van der Waals surface area contributed by atoms with E-state index in [4.69, 9.17) is 14.2 Å². The van der Waals surface area contributed by atoms with Crippen molar-refractivity contribution in [3.05, 3.63) is 77.9 Å². The van der Waals surface area contributed by atoms with Crippen molar-refractivity contribution in [1.29, 1.82) is 0 Å². The van der Waals surface area contributed by atoms with Crippen LogP contribution in [0.1, 0.15) is 15.9 Å². The molecule has 0 unspecified atom stereocenters. The van der Waals surface area contributed by atoms with E-state index in [-0.39, 0.29) is 10.5 Å². The average Bonchev–Trinajstić information content (AvgIpc) is 2.87. The van der Waals surface area contributed by atoms with Crippen LogP contribution in [0.15, 0.2) is 71.6 Å². The fourth-order valence-corrected chi connectivity index (χ4v) is 4.61. The fraction of sp³-hybridized carbons (Fsp3) is 0.200. The third kappa shape index (κ3) is 5.55. The summed E-state index contributed by atoms with van der Waals surface area (Å²) >= 11 is 0. The van der Waals surface area contributed by atoms with Crippen LogP contribution in [-0.4, -0.2) is 47.2 Å². The van der Waals surface area contributed by atoms with Gasteiger partial charge >= 0.3 is 5.97 Å². The number of carbonyl (C=O) groups excluding carboxylic acids is 2. The van der Waals surface area contributed by atoms with E-state index in [0.29, 0.717) is 36.1 Å². The van der Waals surface area contributed by atoms with E-state index >= 15 is 0 Å². The van der Waals surface area contributed by atoms with E-state index in [1.54, 1.807) is 30.3 Å². The molecule has 0 aromatic heterocycles. The number of anilines is 2. The monoisotopic (exact) mass is 496 g/mol. The number of aryl methyl sites for hydroxylation is 1. The predicted molar refractivity (Wildman–Crippen MR) is 130 cm³/mol. The number of sulfonamides is 1.